The Morgan fingerprint density at radius 1 is 0.778 bits per heavy atom. The SMILES string of the molecule is CC1CCC(N2CCN(C3CNC3)CC2)CC1C. The third-order valence-corrected chi connectivity index (χ3v) is 5.71. The average Bonchev–Trinajstić information content (AvgIpc) is 2.32. The topological polar surface area (TPSA) is 18.5 Å². The third kappa shape index (κ3) is 2.59. The van der Waals surface area contributed by atoms with Crippen LogP contribution in [0.4, 0.5) is 0 Å². The Bertz CT molecular complexity index is 269. The summed E-state index contributed by atoms with van der Waals surface area (Å²) in [4.78, 5) is 5.48. The van der Waals surface area contributed by atoms with E-state index in [4.69, 9.17) is 0 Å². The minimum Gasteiger partial charge on any atom is -0.314 e. The summed E-state index contributed by atoms with van der Waals surface area (Å²) >= 11 is 0. The van der Waals surface area contributed by atoms with Gasteiger partial charge in [-0.2, -0.15) is 0 Å². The van der Waals surface area contributed by atoms with Gasteiger partial charge >= 0.3 is 0 Å². The molecule has 104 valence electrons. The zero-order valence-corrected chi connectivity index (χ0v) is 12.1. The van der Waals surface area contributed by atoms with E-state index in [1.165, 1.54) is 58.5 Å². The first-order valence-corrected chi connectivity index (χ1v) is 7.93. The largest absolute Gasteiger partial charge is 0.314 e. The fourth-order valence-corrected chi connectivity index (χ4v) is 3.85. The molecule has 3 nitrogen and oxygen atoms in total. The number of nitrogens with one attached hydrogen (secondary N) is 1. The van der Waals surface area contributed by atoms with E-state index in [-0.39, 0.29) is 0 Å². The lowest BCUT2D eigenvalue weighted by atomic mass is 9.78. The molecule has 0 amide bonds. The van der Waals surface area contributed by atoms with Crippen LogP contribution in [-0.4, -0.2) is 61.2 Å². The Morgan fingerprint density at radius 3 is 1.89 bits per heavy atom. The zero-order chi connectivity index (χ0) is 12.5. The summed E-state index contributed by atoms with van der Waals surface area (Å²) in [5, 5.41) is 3.39. The molecular formula is C15H29N3. The molecule has 2 aliphatic heterocycles. The van der Waals surface area contributed by atoms with Crippen molar-refractivity contribution in [3.05, 3.63) is 0 Å². The average molecular weight is 251 g/mol. The fourth-order valence-electron chi connectivity index (χ4n) is 3.85. The van der Waals surface area contributed by atoms with E-state index in [2.05, 4.69) is 29.0 Å². The molecule has 0 bridgehead atoms. The molecular weight excluding hydrogens is 222 g/mol. The molecule has 0 radical (unpaired) electrons. The van der Waals surface area contributed by atoms with Crippen LogP contribution in [0.3, 0.4) is 0 Å². The summed E-state index contributed by atoms with van der Waals surface area (Å²) < 4.78 is 0. The van der Waals surface area contributed by atoms with Gasteiger partial charge in [0.25, 0.3) is 0 Å². The standard InChI is InChI=1S/C15H29N3/c1-12-3-4-14(9-13(12)2)17-5-7-18(8-6-17)15-10-16-11-15/h12-16H,3-11H2,1-2H3. The second-order valence-corrected chi connectivity index (χ2v) is 6.81. The molecule has 0 spiro atoms. The van der Waals surface area contributed by atoms with E-state index in [0.717, 1.165) is 23.9 Å². The minimum absolute atomic E-state index is 0.845. The maximum Gasteiger partial charge on any atom is 0.0346 e. The molecule has 1 N–H and O–H groups in total. The molecule has 3 aliphatic rings. The van der Waals surface area contributed by atoms with Crippen molar-refractivity contribution in [2.45, 2.75) is 45.2 Å². The Hall–Kier alpha value is -0.120. The van der Waals surface area contributed by atoms with Crippen LogP contribution in [0.5, 0.6) is 0 Å². The lowest BCUT2D eigenvalue weighted by Gasteiger charge is -2.47. The summed E-state index contributed by atoms with van der Waals surface area (Å²) in [6, 6.07) is 1.73. The van der Waals surface area contributed by atoms with Crippen LogP contribution in [0.25, 0.3) is 0 Å². The van der Waals surface area contributed by atoms with Gasteiger partial charge in [-0.3, -0.25) is 9.80 Å². The second kappa shape index (κ2) is 5.48. The van der Waals surface area contributed by atoms with Crippen molar-refractivity contribution in [3.8, 4) is 0 Å². The van der Waals surface area contributed by atoms with Crippen LogP contribution in [0, 0.1) is 11.8 Å². The molecule has 18 heavy (non-hydrogen) atoms. The van der Waals surface area contributed by atoms with Gasteiger partial charge in [-0.1, -0.05) is 13.8 Å². The summed E-state index contributed by atoms with van der Waals surface area (Å²) in [5.41, 5.74) is 0. The van der Waals surface area contributed by atoms with Gasteiger partial charge in [-0.15, -0.1) is 0 Å². The van der Waals surface area contributed by atoms with Crippen molar-refractivity contribution in [1.29, 1.82) is 0 Å². The van der Waals surface area contributed by atoms with Crippen LogP contribution < -0.4 is 5.32 Å². The highest BCUT2D eigenvalue weighted by Gasteiger charge is 2.33. The molecule has 3 unspecified atom stereocenters. The lowest BCUT2D eigenvalue weighted by molar-refractivity contribution is 0.0293. The Balaban J connectivity index is 1.47. The molecule has 0 aromatic rings. The molecule has 3 heteroatoms. The molecule has 1 aliphatic carbocycles. The van der Waals surface area contributed by atoms with E-state index in [9.17, 15) is 0 Å². The third-order valence-electron chi connectivity index (χ3n) is 5.71. The van der Waals surface area contributed by atoms with Crippen molar-refractivity contribution in [1.82, 2.24) is 15.1 Å². The predicted octanol–water partition coefficient (Wildman–Crippen LogP) is 1.40. The number of nitrogens with zero attached hydrogens (tertiary/aromatic N) is 2. The number of piperazine rings is 1. The van der Waals surface area contributed by atoms with E-state index < -0.39 is 0 Å². The van der Waals surface area contributed by atoms with Crippen molar-refractivity contribution < 1.29 is 0 Å². The molecule has 3 atom stereocenters. The second-order valence-electron chi connectivity index (χ2n) is 6.81. The quantitative estimate of drug-likeness (QED) is 0.800. The molecule has 0 aromatic carbocycles. The molecule has 3 fully saturated rings. The first-order valence-electron chi connectivity index (χ1n) is 7.93. The number of hydrogen-bond donors (Lipinski definition) is 1. The van der Waals surface area contributed by atoms with Crippen molar-refractivity contribution >= 4 is 0 Å². The van der Waals surface area contributed by atoms with Crippen LogP contribution in [0.2, 0.25) is 0 Å². The summed E-state index contributed by atoms with van der Waals surface area (Å²) in [6.07, 6.45) is 4.32. The highest BCUT2D eigenvalue weighted by molar-refractivity contribution is 4.90. The fraction of sp³-hybridized carbons (Fsp3) is 1.00. The molecule has 1 saturated carbocycles. The van der Waals surface area contributed by atoms with Crippen LogP contribution in [0.15, 0.2) is 0 Å². The van der Waals surface area contributed by atoms with E-state index in [0.29, 0.717) is 0 Å². The lowest BCUT2D eigenvalue weighted by Crippen LogP contribution is -2.62. The first-order chi connectivity index (χ1) is 8.74. The van der Waals surface area contributed by atoms with Gasteiger partial charge in [0, 0.05) is 51.4 Å². The monoisotopic (exact) mass is 251 g/mol. The molecule has 2 heterocycles. The summed E-state index contributed by atoms with van der Waals surface area (Å²) in [5.74, 6) is 1.88. The smallest absolute Gasteiger partial charge is 0.0346 e. The van der Waals surface area contributed by atoms with Crippen molar-refractivity contribution in [2.75, 3.05) is 39.3 Å². The number of hydrogen-bond acceptors (Lipinski definition) is 3. The van der Waals surface area contributed by atoms with Crippen molar-refractivity contribution in [3.63, 3.8) is 0 Å². The zero-order valence-electron chi connectivity index (χ0n) is 12.1. The van der Waals surface area contributed by atoms with E-state index in [1.807, 2.05) is 0 Å². The normalized spacial score (nSPS) is 40.7. The van der Waals surface area contributed by atoms with Crippen LogP contribution in [0.1, 0.15) is 33.1 Å². The van der Waals surface area contributed by atoms with E-state index >= 15 is 0 Å². The van der Waals surface area contributed by atoms with Gasteiger partial charge in [-0.05, 0) is 31.1 Å². The highest BCUT2D eigenvalue weighted by Crippen LogP contribution is 2.32. The molecule has 2 saturated heterocycles. The van der Waals surface area contributed by atoms with E-state index in [1.54, 1.807) is 0 Å². The Kier molecular flexibility index (Phi) is 3.92. The first kappa shape index (κ1) is 12.9. The molecule has 0 aromatic heterocycles. The maximum absolute atomic E-state index is 3.39. The van der Waals surface area contributed by atoms with Gasteiger partial charge in [0.2, 0.25) is 0 Å². The summed E-state index contributed by atoms with van der Waals surface area (Å²) in [6.45, 7) is 12.5. The predicted molar refractivity (Wildman–Crippen MR) is 75.8 cm³/mol. The number of rotatable bonds is 2. The maximum atomic E-state index is 3.39. The van der Waals surface area contributed by atoms with Gasteiger partial charge in [-0.25, -0.2) is 0 Å². The van der Waals surface area contributed by atoms with Crippen LogP contribution >= 0.6 is 0 Å². The minimum atomic E-state index is 0.845. The van der Waals surface area contributed by atoms with Gasteiger partial charge < -0.3 is 5.32 Å². The summed E-state index contributed by atoms with van der Waals surface area (Å²) in [7, 11) is 0. The van der Waals surface area contributed by atoms with Gasteiger partial charge in [0.15, 0.2) is 0 Å². The van der Waals surface area contributed by atoms with Crippen molar-refractivity contribution in [2.24, 2.45) is 11.8 Å². The van der Waals surface area contributed by atoms with Gasteiger partial charge in [0.1, 0.15) is 0 Å². The van der Waals surface area contributed by atoms with Gasteiger partial charge in [0.05, 0.1) is 0 Å². The van der Waals surface area contributed by atoms with Crippen LogP contribution in [-0.2, 0) is 0 Å². The highest BCUT2D eigenvalue weighted by atomic mass is 15.3. The molecule has 3 rings (SSSR count). The Labute approximate surface area is 112 Å². The Morgan fingerprint density at radius 2 is 1.39 bits per heavy atom.